The molecule has 0 aromatic heterocycles. The summed E-state index contributed by atoms with van der Waals surface area (Å²) >= 11 is 0. The minimum Gasteiger partial charge on any atom is -0.481 e. The molecule has 8 heteroatoms. The molecule has 1 atom stereocenters. The number of likely N-dealkylation sites (tertiary alicyclic amines) is 1. The van der Waals surface area contributed by atoms with Crippen LogP contribution in [-0.4, -0.2) is 41.0 Å². The molecule has 0 amide bonds. The maximum atomic E-state index is 14.0. The Balaban J connectivity index is 1.37. The number of rotatable bonds is 9. The van der Waals surface area contributed by atoms with Gasteiger partial charge < -0.3 is 9.94 Å². The molecule has 37 heavy (non-hydrogen) atoms. The van der Waals surface area contributed by atoms with E-state index in [1.165, 1.54) is 11.1 Å². The van der Waals surface area contributed by atoms with Crippen LogP contribution >= 0.6 is 0 Å². The molecule has 3 aliphatic rings. The number of allylic oxidation sites excluding steroid dienone is 4. The molecule has 5 nitrogen and oxygen atoms in total. The van der Waals surface area contributed by atoms with Crippen LogP contribution in [0.15, 0.2) is 46.7 Å². The van der Waals surface area contributed by atoms with E-state index in [1.54, 1.807) is 19.1 Å². The number of aryl methyl sites for hydroxylation is 1. The van der Waals surface area contributed by atoms with Crippen molar-refractivity contribution in [3.8, 4) is 0 Å². The molecule has 1 aromatic carbocycles. The highest BCUT2D eigenvalue weighted by atomic mass is 19.4. The predicted molar refractivity (Wildman–Crippen MR) is 137 cm³/mol. The van der Waals surface area contributed by atoms with Crippen molar-refractivity contribution >= 4 is 11.7 Å². The van der Waals surface area contributed by atoms with Crippen LogP contribution in [0.2, 0.25) is 0 Å². The van der Waals surface area contributed by atoms with Crippen molar-refractivity contribution in [3.63, 3.8) is 0 Å². The Labute approximate surface area is 217 Å². The number of alkyl halides is 3. The normalized spacial score (nSPS) is 22.3. The molecule has 1 unspecified atom stereocenters. The standard InChI is InChI=1S/C29H37F3N2O3/c1-3-21-13-20(9-10-24(21)15-34-16-25(17-34)28(35)36)18-37-33-19(2)23-11-12-26(22-7-5-4-6-8-22)27(14-23)29(30,31)32/h9-13,22,25,27H,3-8,14-18H2,1-2H3,(H,35,36)/b33-19+. The summed E-state index contributed by atoms with van der Waals surface area (Å²) in [5.74, 6) is -2.44. The van der Waals surface area contributed by atoms with Gasteiger partial charge in [-0.2, -0.15) is 13.2 Å². The topological polar surface area (TPSA) is 62.1 Å². The van der Waals surface area contributed by atoms with E-state index >= 15 is 0 Å². The van der Waals surface area contributed by atoms with Gasteiger partial charge in [0, 0.05) is 19.6 Å². The molecule has 1 N–H and O–H groups in total. The number of nitrogens with zero attached hydrogens (tertiary/aromatic N) is 2. The summed E-state index contributed by atoms with van der Waals surface area (Å²) in [5.41, 5.74) is 4.86. The average molecular weight is 519 g/mol. The number of halogens is 3. The second kappa shape index (κ2) is 11.8. The molecule has 202 valence electrons. The van der Waals surface area contributed by atoms with Crippen LogP contribution in [0.25, 0.3) is 0 Å². The van der Waals surface area contributed by atoms with Crippen molar-refractivity contribution in [2.24, 2.45) is 22.9 Å². The zero-order valence-corrected chi connectivity index (χ0v) is 21.7. The van der Waals surface area contributed by atoms with Gasteiger partial charge in [0.2, 0.25) is 0 Å². The van der Waals surface area contributed by atoms with Gasteiger partial charge in [0.05, 0.1) is 17.5 Å². The number of oxime groups is 1. The fraction of sp³-hybridized carbons (Fsp3) is 0.586. The van der Waals surface area contributed by atoms with E-state index in [9.17, 15) is 18.0 Å². The number of benzene rings is 1. The molecule has 1 heterocycles. The van der Waals surface area contributed by atoms with Gasteiger partial charge in [-0.15, -0.1) is 0 Å². The molecular formula is C29H37F3N2O3. The van der Waals surface area contributed by atoms with Crippen molar-refractivity contribution in [1.82, 2.24) is 4.90 Å². The molecule has 0 bridgehead atoms. The van der Waals surface area contributed by atoms with E-state index in [0.29, 0.717) is 29.9 Å². The Morgan fingerprint density at radius 2 is 1.86 bits per heavy atom. The van der Waals surface area contributed by atoms with Crippen LogP contribution in [-0.2, 0) is 29.2 Å². The summed E-state index contributed by atoms with van der Waals surface area (Å²) in [4.78, 5) is 18.7. The summed E-state index contributed by atoms with van der Waals surface area (Å²) in [5, 5.41) is 13.2. The minimum atomic E-state index is -4.27. The van der Waals surface area contributed by atoms with E-state index in [2.05, 4.69) is 23.0 Å². The van der Waals surface area contributed by atoms with Crippen molar-refractivity contribution in [2.75, 3.05) is 13.1 Å². The van der Waals surface area contributed by atoms with Crippen LogP contribution in [0, 0.1) is 17.8 Å². The maximum Gasteiger partial charge on any atom is 0.395 e. The molecule has 1 aliphatic heterocycles. The fourth-order valence-corrected chi connectivity index (χ4v) is 5.76. The molecule has 1 saturated carbocycles. The Morgan fingerprint density at radius 1 is 1.14 bits per heavy atom. The highest BCUT2D eigenvalue weighted by molar-refractivity contribution is 5.98. The molecule has 0 radical (unpaired) electrons. The van der Waals surface area contributed by atoms with E-state index in [0.717, 1.165) is 50.6 Å². The molecule has 1 saturated heterocycles. The fourth-order valence-electron chi connectivity index (χ4n) is 5.76. The minimum absolute atomic E-state index is 0.0297. The van der Waals surface area contributed by atoms with Crippen LogP contribution in [0.4, 0.5) is 13.2 Å². The van der Waals surface area contributed by atoms with Gasteiger partial charge in [-0.1, -0.05) is 67.3 Å². The molecule has 1 aromatic rings. The molecule has 0 spiro atoms. The Kier molecular flexibility index (Phi) is 8.78. The van der Waals surface area contributed by atoms with Crippen molar-refractivity contribution in [1.29, 1.82) is 0 Å². The van der Waals surface area contributed by atoms with Gasteiger partial charge in [0.1, 0.15) is 6.61 Å². The second-order valence-corrected chi connectivity index (χ2v) is 10.6. The number of aliphatic carboxylic acids is 1. The lowest BCUT2D eigenvalue weighted by Crippen LogP contribution is -2.49. The largest absolute Gasteiger partial charge is 0.481 e. The van der Waals surface area contributed by atoms with Crippen molar-refractivity contribution in [3.05, 3.63) is 58.2 Å². The lowest BCUT2D eigenvalue weighted by Gasteiger charge is -2.37. The summed E-state index contributed by atoms with van der Waals surface area (Å²) in [6.07, 6.45) is 4.77. The maximum absolute atomic E-state index is 14.0. The number of carboxylic acids is 1. The number of carboxylic acid groups (broad SMARTS) is 1. The molecule has 2 fully saturated rings. The van der Waals surface area contributed by atoms with E-state index in [4.69, 9.17) is 9.94 Å². The highest BCUT2D eigenvalue weighted by Crippen LogP contribution is 2.45. The van der Waals surface area contributed by atoms with Crippen molar-refractivity contribution < 1.29 is 27.9 Å². The van der Waals surface area contributed by atoms with Crippen LogP contribution in [0.1, 0.15) is 69.1 Å². The molecule has 4 rings (SSSR count). The van der Waals surface area contributed by atoms with Crippen LogP contribution in [0.3, 0.4) is 0 Å². The Bertz CT molecular complexity index is 1060. The van der Waals surface area contributed by atoms with Gasteiger partial charge in [0.25, 0.3) is 0 Å². The smallest absolute Gasteiger partial charge is 0.395 e. The highest BCUT2D eigenvalue weighted by Gasteiger charge is 2.45. The first kappa shape index (κ1) is 27.4. The van der Waals surface area contributed by atoms with Gasteiger partial charge in [-0.3, -0.25) is 9.69 Å². The third kappa shape index (κ3) is 6.83. The second-order valence-electron chi connectivity index (χ2n) is 10.6. The molecular weight excluding hydrogens is 481 g/mol. The van der Waals surface area contributed by atoms with E-state index in [1.807, 2.05) is 12.1 Å². The van der Waals surface area contributed by atoms with Crippen molar-refractivity contribution in [2.45, 2.75) is 78.1 Å². The zero-order valence-electron chi connectivity index (χ0n) is 21.7. The van der Waals surface area contributed by atoms with Gasteiger partial charge >= 0.3 is 12.1 Å². The summed E-state index contributed by atoms with van der Waals surface area (Å²) in [6.45, 7) is 5.87. The summed E-state index contributed by atoms with van der Waals surface area (Å²) < 4.78 is 41.9. The lowest BCUT2D eigenvalue weighted by atomic mass is 9.74. The van der Waals surface area contributed by atoms with Crippen LogP contribution in [0.5, 0.6) is 0 Å². The average Bonchev–Trinajstić information content (AvgIpc) is 2.85. The first-order valence-corrected chi connectivity index (χ1v) is 13.4. The predicted octanol–water partition coefficient (Wildman–Crippen LogP) is 6.67. The first-order valence-electron chi connectivity index (χ1n) is 13.4. The van der Waals surface area contributed by atoms with Crippen LogP contribution < -0.4 is 0 Å². The third-order valence-corrected chi connectivity index (χ3v) is 8.02. The lowest BCUT2D eigenvalue weighted by molar-refractivity contribution is -0.165. The summed E-state index contributed by atoms with van der Waals surface area (Å²) in [7, 11) is 0. The quantitative estimate of drug-likeness (QED) is 0.293. The monoisotopic (exact) mass is 518 g/mol. The first-order chi connectivity index (χ1) is 17.7. The van der Waals surface area contributed by atoms with Gasteiger partial charge in [-0.05, 0) is 60.8 Å². The van der Waals surface area contributed by atoms with E-state index < -0.39 is 18.1 Å². The SMILES string of the molecule is CCc1cc(CO/N=C(\C)C2=CC=C(C3CCCCC3)C(C(F)(F)F)C2)ccc1CN1CC(C(=O)O)C1. The van der Waals surface area contributed by atoms with E-state index in [-0.39, 0.29) is 24.9 Å². The Morgan fingerprint density at radius 3 is 2.51 bits per heavy atom. The number of carbonyl (C=O) groups is 1. The molecule has 2 aliphatic carbocycles. The number of hydrogen-bond acceptors (Lipinski definition) is 4. The van der Waals surface area contributed by atoms with Gasteiger partial charge in [-0.25, -0.2) is 0 Å². The third-order valence-electron chi connectivity index (χ3n) is 8.02. The van der Waals surface area contributed by atoms with Gasteiger partial charge in [0.15, 0.2) is 0 Å². The Hall–Kier alpha value is -2.61. The summed E-state index contributed by atoms with van der Waals surface area (Å²) in [6, 6.07) is 6.07. The zero-order chi connectivity index (χ0) is 26.6. The number of hydrogen-bond donors (Lipinski definition) is 1.